The number of carbonyl (C=O) groups excluding carboxylic acids is 2. The maximum atomic E-state index is 13.8. The van der Waals surface area contributed by atoms with Crippen molar-refractivity contribution in [2.45, 2.75) is 32.5 Å². The fraction of sp³-hybridized carbons (Fsp3) is 0.297. The van der Waals surface area contributed by atoms with Gasteiger partial charge in [0.2, 0.25) is 0 Å². The summed E-state index contributed by atoms with van der Waals surface area (Å²) >= 11 is 0. The van der Waals surface area contributed by atoms with Gasteiger partial charge in [0.25, 0.3) is 5.91 Å². The zero-order valence-electron chi connectivity index (χ0n) is 26.8. The fourth-order valence-corrected chi connectivity index (χ4v) is 5.60. The highest BCUT2D eigenvalue weighted by atomic mass is 16.5. The van der Waals surface area contributed by atoms with E-state index in [2.05, 4.69) is 65.9 Å². The fourth-order valence-electron chi connectivity index (χ4n) is 5.60. The lowest BCUT2D eigenvalue weighted by atomic mass is 9.99. The number of hydrogen-bond donors (Lipinski definition) is 3. The van der Waals surface area contributed by atoms with Crippen molar-refractivity contribution < 1.29 is 24.2 Å². The Morgan fingerprint density at radius 1 is 0.978 bits per heavy atom. The standard InChI is InChI=1S/C37H42N4O5/c1-25-21-41(26(2)24-42)36(43)33-20-31(39-37(44)38-30-14-17-32(45-4)18-15-30)16-19-34(33)46-35(25)23-40(3)22-27-10-12-29(13-11-27)28-8-6-5-7-9-28/h5-20,25-26,35,42H,21-24H2,1-4H3,(H2,38,39,44)/t25-,26+,35+/m1/s1. The first kappa shape index (κ1) is 32.5. The van der Waals surface area contributed by atoms with Gasteiger partial charge in [0.15, 0.2) is 0 Å². The van der Waals surface area contributed by atoms with Crippen LogP contribution in [0.3, 0.4) is 0 Å². The molecular formula is C37H42N4O5. The highest BCUT2D eigenvalue weighted by molar-refractivity contribution is 6.02. The van der Waals surface area contributed by atoms with Crippen LogP contribution in [0.2, 0.25) is 0 Å². The number of amides is 3. The van der Waals surface area contributed by atoms with E-state index in [1.54, 1.807) is 54.5 Å². The van der Waals surface area contributed by atoms with E-state index in [4.69, 9.17) is 9.47 Å². The molecule has 3 amide bonds. The van der Waals surface area contributed by atoms with Crippen LogP contribution >= 0.6 is 0 Å². The molecule has 0 saturated heterocycles. The highest BCUT2D eigenvalue weighted by Gasteiger charge is 2.33. The van der Waals surface area contributed by atoms with Gasteiger partial charge in [-0.1, -0.05) is 61.5 Å². The van der Waals surface area contributed by atoms with Crippen molar-refractivity contribution in [2.24, 2.45) is 5.92 Å². The second-order valence-corrected chi connectivity index (χ2v) is 11.9. The van der Waals surface area contributed by atoms with Gasteiger partial charge in [0.05, 0.1) is 25.3 Å². The number of fused-ring (bicyclic) bond motifs is 1. The number of carbonyl (C=O) groups is 2. The molecule has 3 atom stereocenters. The van der Waals surface area contributed by atoms with Crippen LogP contribution in [0.5, 0.6) is 11.5 Å². The molecule has 0 spiro atoms. The summed E-state index contributed by atoms with van der Waals surface area (Å²) in [4.78, 5) is 30.5. The second kappa shape index (κ2) is 14.9. The molecule has 5 rings (SSSR count). The predicted molar refractivity (Wildman–Crippen MR) is 181 cm³/mol. The molecule has 0 aliphatic carbocycles. The second-order valence-electron chi connectivity index (χ2n) is 11.9. The van der Waals surface area contributed by atoms with E-state index in [-0.39, 0.29) is 24.5 Å². The van der Waals surface area contributed by atoms with Crippen LogP contribution in [0, 0.1) is 5.92 Å². The summed E-state index contributed by atoms with van der Waals surface area (Å²) in [6, 6.07) is 30.1. The van der Waals surface area contributed by atoms with Crippen molar-refractivity contribution in [2.75, 3.05) is 44.5 Å². The van der Waals surface area contributed by atoms with Crippen molar-refractivity contribution in [3.63, 3.8) is 0 Å². The number of hydrogen-bond acceptors (Lipinski definition) is 6. The van der Waals surface area contributed by atoms with Gasteiger partial charge in [-0.05, 0) is 73.1 Å². The van der Waals surface area contributed by atoms with Crippen LogP contribution in [-0.4, -0.2) is 72.8 Å². The molecule has 0 saturated carbocycles. The van der Waals surface area contributed by atoms with E-state index >= 15 is 0 Å². The molecule has 0 aromatic heterocycles. The predicted octanol–water partition coefficient (Wildman–Crippen LogP) is 6.36. The molecule has 1 heterocycles. The minimum Gasteiger partial charge on any atom is -0.497 e. The third-order valence-electron chi connectivity index (χ3n) is 8.28. The Kier molecular flexibility index (Phi) is 10.6. The molecular weight excluding hydrogens is 580 g/mol. The summed E-state index contributed by atoms with van der Waals surface area (Å²) in [5.41, 5.74) is 4.93. The van der Waals surface area contributed by atoms with Crippen LogP contribution < -0.4 is 20.1 Å². The Bertz CT molecular complexity index is 1610. The molecule has 9 nitrogen and oxygen atoms in total. The van der Waals surface area contributed by atoms with Crippen molar-refractivity contribution in [3.05, 3.63) is 108 Å². The Balaban J connectivity index is 1.31. The average Bonchev–Trinajstić information content (AvgIpc) is 3.07. The van der Waals surface area contributed by atoms with E-state index in [1.165, 1.54) is 16.7 Å². The van der Waals surface area contributed by atoms with Gasteiger partial charge in [0, 0.05) is 36.9 Å². The number of nitrogens with zero attached hydrogens (tertiary/aromatic N) is 2. The van der Waals surface area contributed by atoms with Gasteiger partial charge in [-0.3, -0.25) is 9.69 Å². The number of aliphatic hydroxyl groups excluding tert-OH is 1. The van der Waals surface area contributed by atoms with E-state index in [9.17, 15) is 14.7 Å². The van der Waals surface area contributed by atoms with Gasteiger partial charge in [-0.25, -0.2) is 4.79 Å². The zero-order valence-corrected chi connectivity index (χ0v) is 26.8. The number of nitrogens with one attached hydrogen (secondary N) is 2. The molecule has 3 N–H and O–H groups in total. The normalized spacial score (nSPS) is 16.9. The Morgan fingerprint density at radius 2 is 1.63 bits per heavy atom. The van der Waals surface area contributed by atoms with Crippen molar-refractivity contribution >= 4 is 23.3 Å². The molecule has 9 heteroatoms. The molecule has 240 valence electrons. The Morgan fingerprint density at radius 3 is 2.30 bits per heavy atom. The summed E-state index contributed by atoms with van der Waals surface area (Å²) in [5, 5.41) is 15.6. The minimum atomic E-state index is -0.449. The number of rotatable bonds is 10. The van der Waals surface area contributed by atoms with Crippen molar-refractivity contribution in [1.29, 1.82) is 0 Å². The number of urea groups is 1. The largest absolute Gasteiger partial charge is 0.497 e. The lowest BCUT2D eigenvalue weighted by molar-refractivity contribution is 0.0341. The number of benzene rings is 4. The van der Waals surface area contributed by atoms with E-state index in [0.29, 0.717) is 41.5 Å². The smallest absolute Gasteiger partial charge is 0.323 e. The molecule has 0 fully saturated rings. The van der Waals surface area contributed by atoms with Crippen LogP contribution in [0.4, 0.5) is 16.2 Å². The summed E-state index contributed by atoms with van der Waals surface area (Å²) < 4.78 is 11.7. The van der Waals surface area contributed by atoms with E-state index in [0.717, 1.165) is 6.54 Å². The molecule has 0 radical (unpaired) electrons. The third-order valence-corrected chi connectivity index (χ3v) is 8.28. The van der Waals surface area contributed by atoms with Crippen LogP contribution in [0.25, 0.3) is 11.1 Å². The van der Waals surface area contributed by atoms with Gasteiger partial charge < -0.3 is 30.1 Å². The summed E-state index contributed by atoms with van der Waals surface area (Å²) in [5.74, 6) is 0.859. The summed E-state index contributed by atoms with van der Waals surface area (Å²) in [6.45, 7) is 5.51. The molecule has 0 bridgehead atoms. The molecule has 1 aliphatic heterocycles. The quantitative estimate of drug-likeness (QED) is 0.190. The highest BCUT2D eigenvalue weighted by Crippen LogP contribution is 2.31. The average molecular weight is 623 g/mol. The summed E-state index contributed by atoms with van der Waals surface area (Å²) in [6.07, 6.45) is -0.231. The van der Waals surface area contributed by atoms with Crippen LogP contribution in [0.15, 0.2) is 97.1 Å². The maximum absolute atomic E-state index is 13.8. The molecule has 4 aromatic rings. The Hall–Kier alpha value is -4.86. The van der Waals surface area contributed by atoms with Gasteiger partial charge in [-0.15, -0.1) is 0 Å². The lowest BCUT2D eigenvalue weighted by Crippen LogP contribution is -2.49. The Labute approximate surface area is 270 Å². The van der Waals surface area contributed by atoms with E-state index < -0.39 is 12.1 Å². The van der Waals surface area contributed by atoms with Crippen LogP contribution in [-0.2, 0) is 6.54 Å². The van der Waals surface area contributed by atoms with Crippen molar-refractivity contribution in [1.82, 2.24) is 9.80 Å². The third kappa shape index (κ3) is 8.04. The van der Waals surface area contributed by atoms with Gasteiger partial charge in [-0.2, -0.15) is 0 Å². The maximum Gasteiger partial charge on any atom is 0.323 e. The number of anilines is 2. The lowest BCUT2D eigenvalue weighted by Gasteiger charge is -2.38. The number of ether oxygens (including phenoxy) is 2. The first-order chi connectivity index (χ1) is 22.2. The summed E-state index contributed by atoms with van der Waals surface area (Å²) in [7, 11) is 3.64. The van der Waals surface area contributed by atoms with Gasteiger partial charge >= 0.3 is 6.03 Å². The number of likely N-dealkylation sites (N-methyl/N-ethyl adjacent to an activating group) is 1. The number of aliphatic hydroxyl groups is 1. The van der Waals surface area contributed by atoms with Gasteiger partial charge in [0.1, 0.15) is 17.6 Å². The number of methoxy groups -OCH3 is 1. The van der Waals surface area contributed by atoms with Crippen molar-refractivity contribution in [3.8, 4) is 22.6 Å². The first-order valence-corrected chi connectivity index (χ1v) is 15.5. The van der Waals surface area contributed by atoms with Crippen LogP contribution in [0.1, 0.15) is 29.8 Å². The molecule has 0 unspecified atom stereocenters. The monoisotopic (exact) mass is 622 g/mol. The topological polar surface area (TPSA) is 103 Å². The minimum absolute atomic E-state index is 0.0120. The SMILES string of the molecule is COc1ccc(NC(=O)Nc2ccc3c(c2)C(=O)N([C@@H](C)CO)C[C@@H](C)[C@H](CN(C)Cc2ccc(-c4ccccc4)cc2)O3)cc1. The molecule has 1 aliphatic rings. The zero-order chi connectivity index (χ0) is 32.6. The molecule has 4 aromatic carbocycles. The molecule has 46 heavy (non-hydrogen) atoms. The first-order valence-electron chi connectivity index (χ1n) is 15.5. The van der Waals surface area contributed by atoms with E-state index in [1.807, 2.05) is 25.1 Å².